The molecule has 1 heterocycles. The number of nitrogens with zero attached hydrogens (tertiary/aromatic N) is 5. The van der Waals surface area contributed by atoms with Crippen molar-refractivity contribution < 1.29 is 37.2 Å². The first-order valence-electron chi connectivity index (χ1n) is 12.1. The first-order valence-corrected chi connectivity index (χ1v) is 13.7. The number of esters is 2. The molecule has 0 fully saturated rings. The smallest absolute Gasteiger partial charge is 0.361 e. The van der Waals surface area contributed by atoms with Crippen molar-refractivity contribution in [3.05, 3.63) is 46.5 Å². The second-order valence-electron chi connectivity index (χ2n) is 9.74. The predicted octanol–water partition coefficient (Wildman–Crippen LogP) is 0.934. The van der Waals surface area contributed by atoms with Gasteiger partial charge in [0.2, 0.25) is 0 Å². The van der Waals surface area contributed by atoms with Crippen LogP contribution in [-0.4, -0.2) is 123 Å². The Kier molecular flexibility index (Phi) is 10.5. The maximum atomic E-state index is 14.0. The number of carbonyl (C=O) groups excluding carboxylic acids is 3. The Morgan fingerprint density at radius 3 is 1.77 bits per heavy atom. The summed E-state index contributed by atoms with van der Waals surface area (Å²) in [5.41, 5.74) is -0.336. The summed E-state index contributed by atoms with van der Waals surface area (Å²) in [5.74, 6) is -5.99. The molecule has 0 unspecified atom stereocenters. The van der Waals surface area contributed by atoms with Crippen LogP contribution in [0.3, 0.4) is 0 Å². The summed E-state index contributed by atoms with van der Waals surface area (Å²) in [7, 11) is 2.86. The van der Waals surface area contributed by atoms with Gasteiger partial charge >= 0.3 is 23.9 Å². The van der Waals surface area contributed by atoms with Crippen molar-refractivity contribution in [2.75, 3.05) is 60.1 Å². The molecule has 0 aliphatic carbocycles. The highest BCUT2D eigenvalue weighted by Crippen LogP contribution is 2.31. The molecule has 39 heavy (non-hydrogen) atoms. The number of likely N-dealkylation sites (N-methyl/N-ethyl adjacent to an activating group) is 2. The molecular formula is C24H35N5O9S. The minimum Gasteiger partial charge on any atom is -0.399 e. The number of hydrogen-bond acceptors (Lipinski definition) is 11. The highest BCUT2D eigenvalue weighted by molar-refractivity contribution is 7.91. The normalized spacial score (nSPS) is 15.2. The number of sulfone groups is 1. The molecule has 0 bridgehead atoms. The van der Waals surface area contributed by atoms with Crippen molar-refractivity contribution in [2.45, 2.75) is 30.7 Å². The molecule has 1 aliphatic rings. The monoisotopic (exact) mass is 569 g/mol. The number of hydrogen-bond donors (Lipinski definition) is 0. The number of non-ortho nitro benzene ring substituents is 1. The van der Waals surface area contributed by atoms with Crippen LogP contribution in [0.4, 0.5) is 10.5 Å². The molecule has 14 nitrogen and oxygen atoms in total. The number of benzene rings is 1. The molecule has 1 aliphatic heterocycles. The standard InChI is InChI=1S/C24H35N5O9S/c1-18(2)28(23(32)27(15-13-25(3)4)16-14-26(5)6)24(37-21(30)11-12-22(31)38-24)17-39(35,36)20-9-7-19(8-10-20)29(33)34/h7-12,18H,13-17H2,1-6H3. The highest BCUT2D eigenvalue weighted by Gasteiger charge is 2.54. The van der Waals surface area contributed by atoms with Gasteiger partial charge in [-0.2, -0.15) is 0 Å². The molecule has 0 saturated heterocycles. The summed E-state index contributed by atoms with van der Waals surface area (Å²) in [4.78, 5) is 55.2. The number of rotatable bonds is 12. The number of cyclic esters (lactones) is 2. The third-order valence-corrected chi connectivity index (χ3v) is 7.38. The van der Waals surface area contributed by atoms with Crippen LogP contribution in [-0.2, 0) is 28.9 Å². The fourth-order valence-corrected chi connectivity index (χ4v) is 5.18. The lowest BCUT2D eigenvalue weighted by Crippen LogP contribution is -2.65. The Bertz CT molecular complexity index is 1160. The first kappa shape index (κ1) is 31.7. The van der Waals surface area contributed by atoms with E-state index < -0.39 is 50.4 Å². The first-order chi connectivity index (χ1) is 18.1. The minimum absolute atomic E-state index is 0.244. The van der Waals surface area contributed by atoms with Gasteiger partial charge in [-0.25, -0.2) is 27.7 Å². The molecule has 0 atom stereocenters. The van der Waals surface area contributed by atoms with Gasteiger partial charge in [0.15, 0.2) is 15.6 Å². The number of nitro groups is 1. The zero-order valence-corrected chi connectivity index (χ0v) is 23.7. The van der Waals surface area contributed by atoms with E-state index in [0.717, 1.165) is 41.3 Å². The summed E-state index contributed by atoms with van der Waals surface area (Å²) >= 11 is 0. The predicted molar refractivity (Wildman–Crippen MR) is 140 cm³/mol. The second-order valence-corrected chi connectivity index (χ2v) is 11.7. The third-order valence-electron chi connectivity index (χ3n) is 5.65. The second kappa shape index (κ2) is 13.0. The Hall–Kier alpha value is -3.56. The van der Waals surface area contributed by atoms with E-state index in [0.29, 0.717) is 13.1 Å². The van der Waals surface area contributed by atoms with Gasteiger partial charge in [0.1, 0.15) is 0 Å². The van der Waals surface area contributed by atoms with Gasteiger partial charge in [0.05, 0.1) is 9.82 Å². The number of amides is 2. The van der Waals surface area contributed by atoms with Gasteiger partial charge in [-0.05, 0) is 54.2 Å². The molecular weight excluding hydrogens is 534 g/mol. The SMILES string of the molecule is CC(C)N(C(=O)N(CCN(C)C)CCN(C)C)C1(CS(=O)(=O)c2ccc([N+](=O)[O-])cc2)OC(=O)C=CC(=O)O1. The Labute approximate surface area is 227 Å². The van der Waals surface area contributed by atoms with E-state index in [1.807, 2.05) is 38.0 Å². The van der Waals surface area contributed by atoms with E-state index in [9.17, 15) is 32.9 Å². The summed E-state index contributed by atoms with van der Waals surface area (Å²) in [6.07, 6.45) is 1.56. The van der Waals surface area contributed by atoms with Crippen molar-refractivity contribution >= 4 is 33.5 Å². The number of ether oxygens (including phenoxy) is 2. The molecule has 2 rings (SSSR count). The lowest BCUT2D eigenvalue weighted by Gasteiger charge is -2.44. The van der Waals surface area contributed by atoms with Crippen LogP contribution in [0.5, 0.6) is 0 Å². The Morgan fingerprint density at radius 1 is 0.923 bits per heavy atom. The summed E-state index contributed by atoms with van der Waals surface area (Å²) < 4.78 is 37.9. The largest absolute Gasteiger partial charge is 0.399 e. The Morgan fingerprint density at radius 2 is 1.38 bits per heavy atom. The lowest BCUT2D eigenvalue weighted by atomic mass is 10.2. The molecule has 216 valence electrons. The van der Waals surface area contributed by atoms with E-state index in [4.69, 9.17) is 9.47 Å². The van der Waals surface area contributed by atoms with Gasteiger partial charge < -0.3 is 24.2 Å². The van der Waals surface area contributed by atoms with Crippen molar-refractivity contribution in [3.8, 4) is 0 Å². The van der Waals surface area contributed by atoms with Gasteiger partial charge in [0, 0.05) is 56.5 Å². The maximum absolute atomic E-state index is 14.0. The van der Waals surface area contributed by atoms with E-state index in [2.05, 4.69) is 0 Å². The number of urea groups is 1. The van der Waals surface area contributed by atoms with E-state index >= 15 is 0 Å². The number of carbonyl (C=O) groups is 3. The third kappa shape index (κ3) is 8.46. The molecule has 15 heteroatoms. The van der Waals surface area contributed by atoms with Crippen LogP contribution in [0, 0.1) is 10.1 Å². The van der Waals surface area contributed by atoms with Crippen molar-refractivity contribution in [1.82, 2.24) is 19.6 Å². The van der Waals surface area contributed by atoms with Gasteiger partial charge in [-0.15, -0.1) is 0 Å². The van der Waals surface area contributed by atoms with Gasteiger partial charge in [0.25, 0.3) is 5.69 Å². The number of nitro benzene ring substituents is 1. The van der Waals surface area contributed by atoms with Crippen LogP contribution < -0.4 is 0 Å². The van der Waals surface area contributed by atoms with Crippen LogP contribution in [0.25, 0.3) is 0 Å². The maximum Gasteiger partial charge on any atom is 0.361 e. The molecule has 1 aromatic carbocycles. The highest BCUT2D eigenvalue weighted by atomic mass is 32.2. The van der Waals surface area contributed by atoms with E-state index in [1.165, 1.54) is 4.90 Å². The topological polar surface area (TPSA) is 160 Å². The van der Waals surface area contributed by atoms with Gasteiger partial charge in [-0.1, -0.05) is 0 Å². The fraction of sp³-hybridized carbons (Fsp3) is 0.542. The lowest BCUT2D eigenvalue weighted by molar-refractivity contribution is -0.384. The molecule has 0 radical (unpaired) electrons. The molecule has 1 aromatic rings. The summed E-state index contributed by atoms with van der Waals surface area (Å²) in [6, 6.07) is 2.52. The molecule has 0 spiro atoms. The van der Waals surface area contributed by atoms with Crippen molar-refractivity contribution in [3.63, 3.8) is 0 Å². The molecule has 0 N–H and O–H groups in total. The van der Waals surface area contributed by atoms with E-state index in [-0.39, 0.29) is 23.7 Å². The average molecular weight is 570 g/mol. The van der Waals surface area contributed by atoms with Crippen molar-refractivity contribution in [2.24, 2.45) is 0 Å². The Balaban J connectivity index is 2.62. The molecule has 0 saturated carbocycles. The molecule has 2 amide bonds. The van der Waals surface area contributed by atoms with Crippen LogP contribution in [0.1, 0.15) is 13.8 Å². The zero-order valence-electron chi connectivity index (χ0n) is 22.9. The molecule has 0 aromatic heterocycles. The van der Waals surface area contributed by atoms with Crippen LogP contribution in [0.15, 0.2) is 41.3 Å². The zero-order chi connectivity index (χ0) is 29.5. The quantitative estimate of drug-likeness (QED) is 0.200. The van der Waals surface area contributed by atoms with Crippen molar-refractivity contribution in [1.29, 1.82) is 0 Å². The fourth-order valence-electron chi connectivity index (χ4n) is 3.72. The van der Waals surface area contributed by atoms with E-state index in [1.54, 1.807) is 13.8 Å². The average Bonchev–Trinajstić information content (AvgIpc) is 2.95. The summed E-state index contributed by atoms with van der Waals surface area (Å²) in [6.45, 7) is 4.56. The van der Waals surface area contributed by atoms with Crippen LogP contribution >= 0.6 is 0 Å². The van der Waals surface area contributed by atoms with Crippen LogP contribution in [0.2, 0.25) is 0 Å². The minimum atomic E-state index is -4.45. The van der Waals surface area contributed by atoms with Gasteiger partial charge in [-0.3, -0.25) is 10.1 Å². The summed E-state index contributed by atoms with van der Waals surface area (Å²) in [5, 5.41) is 11.0.